The number of benzene rings is 1. The van der Waals surface area contributed by atoms with Gasteiger partial charge in [0.15, 0.2) is 11.6 Å². The molecule has 1 fully saturated rings. The van der Waals surface area contributed by atoms with Crippen LogP contribution in [0.15, 0.2) is 18.2 Å². The molecular weight excluding hydrogens is 417 g/mol. The third kappa shape index (κ3) is 8.33. The predicted molar refractivity (Wildman–Crippen MR) is 124 cm³/mol. The zero-order valence-electron chi connectivity index (χ0n) is 19.1. The number of hydrogen-bond donors (Lipinski definition) is 2. The molecule has 31 heavy (non-hydrogen) atoms. The average Bonchev–Trinajstić information content (AvgIpc) is 3.59. The van der Waals surface area contributed by atoms with Gasteiger partial charge in [0.05, 0.1) is 6.54 Å². The average molecular weight is 454 g/mol. The van der Waals surface area contributed by atoms with Gasteiger partial charge in [0.1, 0.15) is 11.9 Å². The number of nitrogens with zero attached hydrogens (tertiary/aromatic N) is 1. The largest absolute Gasteiger partial charge is 0.484 e. The number of carbonyl (C=O) groups is 2. The minimum atomic E-state index is -0.343. The Bertz CT molecular complexity index is 728. The molecule has 2 amide bonds. The van der Waals surface area contributed by atoms with Crippen LogP contribution in [0.5, 0.6) is 5.75 Å². The van der Waals surface area contributed by atoms with E-state index in [-0.39, 0.29) is 30.0 Å². The normalized spacial score (nSPS) is 14.7. The van der Waals surface area contributed by atoms with Crippen molar-refractivity contribution in [2.24, 2.45) is 5.92 Å². The van der Waals surface area contributed by atoms with Gasteiger partial charge in [-0.25, -0.2) is 9.18 Å². The summed E-state index contributed by atoms with van der Waals surface area (Å²) in [6, 6.07) is 4.92. The molecule has 1 aromatic rings. The number of urea groups is 1. The Kier molecular flexibility index (Phi) is 10.1. The van der Waals surface area contributed by atoms with Crippen LogP contribution in [0.3, 0.4) is 0 Å². The zero-order valence-corrected chi connectivity index (χ0v) is 19.9. The molecule has 6 nitrogen and oxygen atoms in total. The molecule has 0 saturated heterocycles. The van der Waals surface area contributed by atoms with Gasteiger partial charge in [-0.2, -0.15) is 0 Å². The van der Waals surface area contributed by atoms with Gasteiger partial charge < -0.3 is 19.7 Å². The number of rotatable bonds is 14. The fraction of sp³-hybridized carbons (Fsp3) is 0.652. The highest BCUT2D eigenvalue weighted by Crippen LogP contribution is 2.42. The SMILES string of the molecule is CNC(=O)N(CC=O)CCCCCSNC(C)c1ccc(F)c(OC(C)(C)C2CC2)c1. The lowest BCUT2D eigenvalue weighted by Crippen LogP contribution is -2.39. The molecular formula is C23H36FN3O3S. The van der Waals surface area contributed by atoms with Crippen molar-refractivity contribution in [3.63, 3.8) is 0 Å². The van der Waals surface area contributed by atoms with Crippen LogP contribution in [-0.4, -0.2) is 48.7 Å². The van der Waals surface area contributed by atoms with E-state index >= 15 is 0 Å². The second kappa shape index (κ2) is 12.3. The quantitative estimate of drug-likeness (QED) is 0.243. The van der Waals surface area contributed by atoms with E-state index < -0.39 is 0 Å². The smallest absolute Gasteiger partial charge is 0.317 e. The van der Waals surface area contributed by atoms with Crippen molar-refractivity contribution in [2.75, 3.05) is 25.9 Å². The topological polar surface area (TPSA) is 70.7 Å². The Morgan fingerprint density at radius 2 is 2.10 bits per heavy atom. The highest BCUT2D eigenvalue weighted by molar-refractivity contribution is 7.97. The lowest BCUT2D eigenvalue weighted by atomic mass is 10.0. The lowest BCUT2D eigenvalue weighted by molar-refractivity contribution is -0.108. The van der Waals surface area contributed by atoms with Crippen LogP contribution in [0.4, 0.5) is 9.18 Å². The lowest BCUT2D eigenvalue weighted by Gasteiger charge is -2.27. The van der Waals surface area contributed by atoms with Gasteiger partial charge in [-0.15, -0.1) is 0 Å². The van der Waals surface area contributed by atoms with Crippen LogP contribution in [0.25, 0.3) is 0 Å². The number of hydrogen-bond acceptors (Lipinski definition) is 5. The molecule has 1 aliphatic rings. The van der Waals surface area contributed by atoms with Gasteiger partial charge in [0.2, 0.25) is 0 Å². The third-order valence-corrected chi connectivity index (χ3v) is 6.63. The maximum atomic E-state index is 14.3. The number of ether oxygens (including phenoxy) is 1. The first kappa shape index (κ1) is 25.5. The monoisotopic (exact) mass is 453 g/mol. The van der Waals surface area contributed by atoms with Crippen LogP contribution < -0.4 is 14.8 Å². The molecule has 0 aliphatic heterocycles. The minimum absolute atomic E-state index is 0.0633. The Balaban J connectivity index is 1.70. The number of amides is 2. The first-order chi connectivity index (χ1) is 14.8. The molecule has 1 aromatic carbocycles. The fourth-order valence-electron chi connectivity index (χ4n) is 3.44. The van der Waals surface area contributed by atoms with Crippen molar-refractivity contribution in [3.05, 3.63) is 29.6 Å². The van der Waals surface area contributed by atoms with E-state index in [2.05, 4.69) is 17.0 Å². The first-order valence-electron chi connectivity index (χ1n) is 11.0. The van der Waals surface area contributed by atoms with E-state index in [0.29, 0.717) is 18.2 Å². The molecule has 1 unspecified atom stereocenters. The molecule has 0 radical (unpaired) electrons. The van der Waals surface area contributed by atoms with Crippen molar-refractivity contribution in [1.29, 1.82) is 0 Å². The fourth-order valence-corrected chi connectivity index (χ4v) is 4.29. The van der Waals surface area contributed by atoms with E-state index in [9.17, 15) is 14.0 Å². The van der Waals surface area contributed by atoms with E-state index in [4.69, 9.17) is 4.74 Å². The van der Waals surface area contributed by atoms with Gasteiger partial charge in [0.25, 0.3) is 0 Å². The molecule has 0 aromatic heterocycles. The van der Waals surface area contributed by atoms with Crippen molar-refractivity contribution >= 4 is 24.3 Å². The summed E-state index contributed by atoms with van der Waals surface area (Å²) in [7, 11) is 1.56. The van der Waals surface area contributed by atoms with E-state index in [1.165, 1.54) is 11.0 Å². The highest BCUT2D eigenvalue weighted by atomic mass is 32.2. The van der Waals surface area contributed by atoms with Crippen LogP contribution in [0.2, 0.25) is 0 Å². The van der Waals surface area contributed by atoms with Gasteiger partial charge in [-0.3, -0.25) is 4.72 Å². The maximum absolute atomic E-state index is 14.3. The summed E-state index contributed by atoms with van der Waals surface area (Å²) in [6.45, 7) is 6.80. The molecule has 0 heterocycles. The van der Waals surface area contributed by atoms with Crippen molar-refractivity contribution in [2.45, 2.75) is 64.5 Å². The molecule has 2 rings (SSSR count). The van der Waals surface area contributed by atoms with Gasteiger partial charge in [-0.05, 0) is 70.1 Å². The summed E-state index contributed by atoms with van der Waals surface area (Å²) in [5.74, 6) is 1.43. The summed E-state index contributed by atoms with van der Waals surface area (Å²) in [4.78, 5) is 23.8. The molecule has 174 valence electrons. The summed E-state index contributed by atoms with van der Waals surface area (Å²) < 4.78 is 23.7. The number of aldehydes is 1. The summed E-state index contributed by atoms with van der Waals surface area (Å²) in [6.07, 6.45) is 5.86. The Hall–Kier alpha value is -1.80. The van der Waals surface area contributed by atoms with Gasteiger partial charge in [0, 0.05) is 25.4 Å². The maximum Gasteiger partial charge on any atom is 0.317 e. The molecule has 1 atom stereocenters. The van der Waals surface area contributed by atoms with Crippen LogP contribution in [0.1, 0.15) is 64.5 Å². The number of carbonyl (C=O) groups excluding carboxylic acids is 2. The molecule has 2 N–H and O–H groups in total. The molecule has 1 saturated carbocycles. The second-order valence-electron chi connectivity index (χ2n) is 8.59. The summed E-state index contributed by atoms with van der Waals surface area (Å²) >= 11 is 1.64. The summed E-state index contributed by atoms with van der Waals surface area (Å²) in [5, 5.41) is 2.55. The molecule has 1 aliphatic carbocycles. The number of unbranched alkanes of at least 4 members (excludes halogenated alkanes) is 2. The van der Waals surface area contributed by atoms with Crippen molar-refractivity contribution in [3.8, 4) is 5.75 Å². The standard InChI is InChI=1S/C23H36FN3O3S/c1-17(26-31-15-7-5-6-12-27(13-14-28)22(29)25-4)18-8-11-20(24)21(16-18)30-23(2,3)19-9-10-19/h8,11,14,16-17,19,26H,5-7,9-10,12-13,15H2,1-4H3,(H,25,29). The second-order valence-corrected chi connectivity index (χ2v) is 9.52. The van der Waals surface area contributed by atoms with Crippen LogP contribution in [0, 0.1) is 11.7 Å². The van der Waals surface area contributed by atoms with Gasteiger partial charge >= 0.3 is 6.03 Å². The minimum Gasteiger partial charge on any atom is -0.484 e. The summed E-state index contributed by atoms with van der Waals surface area (Å²) in [5.41, 5.74) is 0.648. The van der Waals surface area contributed by atoms with Gasteiger partial charge in [-0.1, -0.05) is 24.4 Å². The Morgan fingerprint density at radius 1 is 1.35 bits per heavy atom. The number of halogens is 1. The third-order valence-electron chi connectivity index (χ3n) is 5.62. The molecule has 0 bridgehead atoms. The van der Waals surface area contributed by atoms with Crippen molar-refractivity contribution in [1.82, 2.24) is 14.9 Å². The predicted octanol–water partition coefficient (Wildman–Crippen LogP) is 4.70. The molecule has 0 spiro atoms. The number of nitrogens with one attached hydrogen (secondary N) is 2. The van der Waals surface area contributed by atoms with Crippen molar-refractivity contribution < 1.29 is 18.7 Å². The highest BCUT2D eigenvalue weighted by Gasteiger charge is 2.40. The Morgan fingerprint density at radius 3 is 2.74 bits per heavy atom. The molecule has 8 heteroatoms. The van der Waals surface area contributed by atoms with Crippen LogP contribution in [-0.2, 0) is 4.79 Å². The first-order valence-corrected chi connectivity index (χ1v) is 12.0. The van der Waals surface area contributed by atoms with E-state index in [0.717, 1.165) is 49.7 Å². The zero-order chi connectivity index (χ0) is 22.9. The Labute approximate surface area is 189 Å². The van der Waals surface area contributed by atoms with Crippen LogP contribution >= 0.6 is 11.9 Å². The van der Waals surface area contributed by atoms with E-state index in [1.54, 1.807) is 31.1 Å². The van der Waals surface area contributed by atoms with E-state index in [1.807, 2.05) is 13.8 Å².